The summed E-state index contributed by atoms with van der Waals surface area (Å²) in [4.78, 5) is 0. The summed E-state index contributed by atoms with van der Waals surface area (Å²) >= 11 is 0. The van der Waals surface area contributed by atoms with Crippen LogP contribution >= 0.6 is 0 Å². The normalized spacial score (nSPS) is 24.7. The van der Waals surface area contributed by atoms with Gasteiger partial charge in [0.25, 0.3) is 0 Å². The summed E-state index contributed by atoms with van der Waals surface area (Å²) in [5.74, 6) is 0. The molecular formula is C16H22F3NO. The van der Waals surface area contributed by atoms with Gasteiger partial charge >= 0.3 is 6.18 Å². The first-order valence-corrected chi connectivity index (χ1v) is 7.20. The zero-order chi connectivity index (χ0) is 15.7. The molecule has 0 aromatic heterocycles. The molecule has 0 radical (unpaired) electrons. The van der Waals surface area contributed by atoms with Crippen LogP contribution in [-0.4, -0.2) is 19.2 Å². The molecule has 1 saturated heterocycles. The quantitative estimate of drug-likeness (QED) is 0.840. The minimum Gasteiger partial charge on any atom is -0.372 e. The number of halogens is 3. The van der Waals surface area contributed by atoms with E-state index in [0.29, 0.717) is 19.2 Å². The van der Waals surface area contributed by atoms with Crippen LogP contribution in [0.3, 0.4) is 0 Å². The minimum atomic E-state index is -4.29. The molecule has 0 spiro atoms. The molecule has 1 aliphatic rings. The molecule has 21 heavy (non-hydrogen) atoms. The lowest BCUT2D eigenvalue weighted by Gasteiger charge is -2.30. The summed E-state index contributed by atoms with van der Waals surface area (Å²) in [7, 11) is 0. The zero-order valence-electron chi connectivity index (χ0n) is 12.6. The number of alkyl halides is 3. The number of nitrogens with one attached hydrogen (secondary N) is 1. The summed E-state index contributed by atoms with van der Waals surface area (Å²) in [5.41, 5.74) is 0.295. The van der Waals surface area contributed by atoms with Gasteiger partial charge in [-0.2, -0.15) is 13.2 Å². The van der Waals surface area contributed by atoms with Crippen LogP contribution in [-0.2, 0) is 10.9 Å². The molecule has 118 valence electrons. The summed E-state index contributed by atoms with van der Waals surface area (Å²) < 4.78 is 43.5. The van der Waals surface area contributed by atoms with Crippen molar-refractivity contribution < 1.29 is 17.9 Å². The van der Waals surface area contributed by atoms with Crippen molar-refractivity contribution in [2.45, 2.75) is 45.5 Å². The third-order valence-electron chi connectivity index (χ3n) is 3.93. The van der Waals surface area contributed by atoms with Crippen molar-refractivity contribution in [3.8, 4) is 0 Å². The molecule has 1 heterocycles. The summed E-state index contributed by atoms with van der Waals surface area (Å²) in [5, 5.41) is 3.47. The first-order valence-electron chi connectivity index (χ1n) is 7.20. The van der Waals surface area contributed by atoms with Crippen molar-refractivity contribution in [2.24, 2.45) is 5.41 Å². The van der Waals surface area contributed by atoms with Crippen molar-refractivity contribution in [3.05, 3.63) is 35.4 Å². The fraction of sp³-hybridized carbons (Fsp3) is 0.625. The number of benzene rings is 1. The Morgan fingerprint density at radius 3 is 2.24 bits per heavy atom. The van der Waals surface area contributed by atoms with E-state index in [0.717, 1.165) is 24.1 Å². The van der Waals surface area contributed by atoms with Crippen LogP contribution in [0.4, 0.5) is 13.2 Å². The highest BCUT2D eigenvalue weighted by Gasteiger charge is 2.31. The lowest BCUT2D eigenvalue weighted by Crippen LogP contribution is -2.40. The van der Waals surface area contributed by atoms with E-state index >= 15 is 0 Å². The lowest BCUT2D eigenvalue weighted by molar-refractivity contribution is -0.137. The Kier molecular flexibility index (Phi) is 4.63. The van der Waals surface area contributed by atoms with Crippen molar-refractivity contribution in [2.75, 3.05) is 13.2 Å². The van der Waals surface area contributed by atoms with E-state index in [1.54, 1.807) is 0 Å². The first kappa shape index (κ1) is 16.3. The van der Waals surface area contributed by atoms with Gasteiger partial charge in [0.2, 0.25) is 0 Å². The second-order valence-electron chi connectivity index (χ2n) is 6.59. The summed E-state index contributed by atoms with van der Waals surface area (Å²) in [6.07, 6.45) is -3.58. The predicted molar refractivity (Wildman–Crippen MR) is 76.0 cm³/mol. The molecule has 1 fully saturated rings. The van der Waals surface area contributed by atoms with Crippen LogP contribution in [0.25, 0.3) is 0 Å². The van der Waals surface area contributed by atoms with E-state index in [1.165, 1.54) is 12.1 Å². The third-order valence-corrected chi connectivity index (χ3v) is 3.93. The topological polar surface area (TPSA) is 21.3 Å². The molecule has 1 aromatic rings. The standard InChI is InChI=1S/C16H22F3NO/c1-15(2,3)14-8-9-21-13(10-20-14)11-4-6-12(7-5-11)16(17,18)19/h4-7,13-14,20H,8-10H2,1-3H3. The lowest BCUT2D eigenvalue weighted by atomic mass is 9.85. The Hall–Kier alpha value is -1.07. The van der Waals surface area contributed by atoms with Gasteiger partial charge < -0.3 is 10.1 Å². The number of rotatable bonds is 1. The Morgan fingerprint density at radius 2 is 1.71 bits per heavy atom. The zero-order valence-corrected chi connectivity index (χ0v) is 12.6. The van der Waals surface area contributed by atoms with Crippen LogP contribution in [0.1, 0.15) is 44.4 Å². The highest BCUT2D eigenvalue weighted by molar-refractivity contribution is 5.26. The summed E-state index contributed by atoms with van der Waals surface area (Å²) in [6.45, 7) is 7.74. The highest BCUT2D eigenvalue weighted by atomic mass is 19.4. The SMILES string of the molecule is CC(C)(C)C1CCOC(c2ccc(C(F)(F)F)cc2)CN1. The molecule has 5 heteroatoms. The Balaban J connectivity index is 2.06. The molecule has 2 atom stereocenters. The average molecular weight is 301 g/mol. The van der Waals surface area contributed by atoms with Crippen LogP contribution in [0.15, 0.2) is 24.3 Å². The fourth-order valence-corrected chi connectivity index (χ4v) is 2.58. The van der Waals surface area contributed by atoms with Crippen molar-refractivity contribution in [1.82, 2.24) is 5.32 Å². The van der Waals surface area contributed by atoms with E-state index in [1.807, 2.05) is 0 Å². The van der Waals surface area contributed by atoms with Crippen LogP contribution < -0.4 is 5.32 Å². The maximum atomic E-state index is 12.6. The Labute approximate surface area is 123 Å². The molecule has 0 aliphatic carbocycles. The first-order chi connectivity index (χ1) is 9.68. The maximum Gasteiger partial charge on any atom is 0.416 e. The summed E-state index contributed by atoms with van der Waals surface area (Å²) in [6, 6.07) is 5.59. The molecule has 0 amide bonds. The molecular weight excluding hydrogens is 279 g/mol. The van der Waals surface area contributed by atoms with Gasteiger partial charge in [0, 0.05) is 19.2 Å². The molecule has 2 rings (SSSR count). The molecule has 2 unspecified atom stereocenters. The largest absolute Gasteiger partial charge is 0.416 e. The molecule has 1 N–H and O–H groups in total. The average Bonchev–Trinajstić information content (AvgIpc) is 2.63. The van der Waals surface area contributed by atoms with E-state index < -0.39 is 11.7 Å². The van der Waals surface area contributed by atoms with Gasteiger partial charge in [-0.1, -0.05) is 32.9 Å². The Bertz CT molecular complexity index is 462. The fourth-order valence-electron chi connectivity index (χ4n) is 2.58. The van der Waals surface area contributed by atoms with Crippen LogP contribution in [0.2, 0.25) is 0 Å². The van der Waals surface area contributed by atoms with Gasteiger partial charge in [-0.15, -0.1) is 0 Å². The van der Waals surface area contributed by atoms with E-state index in [9.17, 15) is 13.2 Å². The van der Waals surface area contributed by atoms with Crippen LogP contribution in [0.5, 0.6) is 0 Å². The van der Waals surface area contributed by atoms with Crippen molar-refractivity contribution >= 4 is 0 Å². The molecule has 1 aliphatic heterocycles. The third kappa shape index (κ3) is 4.20. The Morgan fingerprint density at radius 1 is 1.10 bits per heavy atom. The van der Waals surface area contributed by atoms with Crippen molar-refractivity contribution in [3.63, 3.8) is 0 Å². The smallest absolute Gasteiger partial charge is 0.372 e. The van der Waals surface area contributed by atoms with E-state index in [4.69, 9.17) is 4.74 Å². The molecule has 0 saturated carbocycles. The second-order valence-corrected chi connectivity index (χ2v) is 6.59. The monoisotopic (exact) mass is 301 g/mol. The van der Waals surface area contributed by atoms with Gasteiger partial charge in [-0.05, 0) is 29.5 Å². The van der Waals surface area contributed by atoms with Gasteiger partial charge in [0.1, 0.15) is 0 Å². The second kappa shape index (κ2) is 5.97. The molecule has 2 nitrogen and oxygen atoms in total. The van der Waals surface area contributed by atoms with Crippen LogP contribution in [0, 0.1) is 5.41 Å². The number of ether oxygens (including phenoxy) is 1. The van der Waals surface area contributed by atoms with Gasteiger partial charge in [0.15, 0.2) is 0 Å². The molecule has 0 bridgehead atoms. The van der Waals surface area contributed by atoms with Gasteiger partial charge in [-0.25, -0.2) is 0 Å². The van der Waals surface area contributed by atoms with Gasteiger partial charge in [0.05, 0.1) is 11.7 Å². The van der Waals surface area contributed by atoms with E-state index in [2.05, 4.69) is 26.1 Å². The predicted octanol–water partition coefficient (Wildman–Crippen LogP) is 4.17. The highest BCUT2D eigenvalue weighted by Crippen LogP contribution is 2.31. The van der Waals surface area contributed by atoms with Crippen molar-refractivity contribution in [1.29, 1.82) is 0 Å². The molecule has 1 aromatic carbocycles. The number of hydrogen-bond acceptors (Lipinski definition) is 2. The number of hydrogen-bond donors (Lipinski definition) is 1. The van der Waals surface area contributed by atoms with Gasteiger partial charge in [-0.3, -0.25) is 0 Å². The maximum absolute atomic E-state index is 12.6. The van der Waals surface area contributed by atoms with E-state index in [-0.39, 0.29) is 11.5 Å². The minimum absolute atomic E-state index is 0.137.